The third kappa shape index (κ3) is 3.52. The molecule has 1 aliphatic carbocycles. The molecule has 1 atom stereocenters. The van der Waals surface area contributed by atoms with E-state index in [2.05, 4.69) is 20.2 Å². The van der Waals surface area contributed by atoms with Crippen LogP contribution in [-0.4, -0.2) is 39.0 Å². The second kappa shape index (κ2) is 6.27. The van der Waals surface area contributed by atoms with Crippen LogP contribution in [0.2, 0.25) is 0 Å². The zero-order valence-electron chi connectivity index (χ0n) is 14.1. The van der Waals surface area contributed by atoms with Crippen molar-refractivity contribution in [3.63, 3.8) is 0 Å². The molecule has 1 unspecified atom stereocenters. The van der Waals surface area contributed by atoms with Gasteiger partial charge in [0.15, 0.2) is 0 Å². The van der Waals surface area contributed by atoms with Crippen molar-refractivity contribution >= 4 is 17.3 Å². The normalized spacial score (nSPS) is 19.9. The van der Waals surface area contributed by atoms with Crippen LogP contribution in [0.1, 0.15) is 36.7 Å². The highest BCUT2D eigenvalue weighted by atomic mass is 16.6. The number of anilines is 2. The lowest BCUT2D eigenvalue weighted by Gasteiger charge is -2.19. The maximum atomic E-state index is 10.7. The Morgan fingerprint density at radius 2 is 2.12 bits per heavy atom. The molecule has 1 N–H and O–H groups in total. The van der Waals surface area contributed by atoms with Crippen LogP contribution < -0.4 is 10.2 Å². The van der Waals surface area contributed by atoms with E-state index < -0.39 is 4.92 Å². The Morgan fingerprint density at radius 3 is 2.80 bits per heavy atom. The summed E-state index contributed by atoms with van der Waals surface area (Å²) in [5.41, 5.74) is 1.02. The van der Waals surface area contributed by atoms with Crippen molar-refractivity contribution in [3.05, 3.63) is 46.0 Å². The molecule has 1 saturated heterocycles. The van der Waals surface area contributed by atoms with Crippen LogP contribution in [0.5, 0.6) is 0 Å². The van der Waals surface area contributed by atoms with Gasteiger partial charge in [0.05, 0.1) is 4.92 Å². The average Bonchev–Trinajstić information content (AvgIpc) is 3.34. The van der Waals surface area contributed by atoms with E-state index in [1.54, 1.807) is 6.07 Å². The largest absolute Gasteiger partial charge is 0.365 e. The van der Waals surface area contributed by atoms with Crippen molar-refractivity contribution in [1.82, 2.24) is 15.0 Å². The molecule has 2 aliphatic rings. The van der Waals surface area contributed by atoms with Crippen molar-refractivity contribution < 1.29 is 4.92 Å². The molecule has 130 valence electrons. The number of aryl methyl sites for hydroxylation is 1. The molecule has 2 aromatic rings. The van der Waals surface area contributed by atoms with Crippen molar-refractivity contribution in [2.75, 3.05) is 23.3 Å². The fraction of sp³-hybridized carbons (Fsp3) is 0.471. The lowest BCUT2D eigenvalue weighted by Crippen LogP contribution is -2.27. The number of hydrogen-bond donors (Lipinski definition) is 1. The van der Waals surface area contributed by atoms with E-state index in [4.69, 9.17) is 4.98 Å². The molecule has 0 bridgehead atoms. The van der Waals surface area contributed by atoms with Crippen molar-refractivity contribution in [1.29, 1.82) is 0 Å². The summed E-state index contributed by atoms with van der Waals surface area (Å²) in [6, 6.07) is 5.41. The zero-order valence-corrected chi connectivity index (χ0v) is 14.1. The van der Waals surface area contributed by atoms with Gasteiger partial charge in [-0.2, -0.15) is 0 Å². The minimum Gasteiger partial charge on any atom is -0.365 e. The van der Waals surface area contributed by atoms with Gasteiger partial charge < -0.3 is 10.2 Å². The Balaban J connectivity index is 1.42. The summed E-state index contributed by atoms with van der Waals surface area (Å²) in [6.45, 7) is 3.77. The summed E-state index contributed by atoms with van der Waals surface area (Å²) >= 11 is 0. The van der Waals surface area contributed by atoms with Gasteiger partial charge in [-0.1, -0.05) is 0 Å². The molecular formula is C17H20N6O2. The first-order valence-corrected chi connectivity index (χ1v) is 8.56. The van der Waals surface area contributed by atoms with Crippen LogP contribution in [0.4, 0.5) is 17.3 Å². The molecule has 2 fully saturated rings. The van der Waals surface area contributed by atoms with E-state index >= 15 is 0 Å². The van der Waals surface area contributed by atoms with Gasteiger partial charge in [0.1, 0.15) is 23.7 Å². The smallest absolute Gasteiger partial charge is 0.287 e. The number of nitrogens with zero attached hydrogens (tertiary/aromatic N) is 5. The summed E-state index contributed by atoms with van der Waals surface area (Å²) in [6.07, 6.45) is 4.64. The average molecular weight is 340 g/mol. The Labute approximate surface area is 145 Å². The molecule has 4 rings (SSSR count). The van der Waals surface area contributed by atoms with Crippen LogP contribution in [0.25, 0.3) is 0 Å². The molecule has 8 heteroatoms. The maximum absolute atomic E-state index is 10.7. The number of aromatic nitrogens is 3. The first kappa shape index (κ1) is 15.7. The summed E-state index contributed by atoms with van der Waals surface area (Å²) < 4.78 is 0. The van der Waals surface area contributed by atoms with Gasteiger partial charge in [0.2, 0.25) is 0 Å². The lowest BCUT2D eigenvalue weighted by molar-refractivity contribution is -0.385. The molecule has 0 spiro atoms. The van der Waals surface area contributed by atoms with E-state index in [-0.39, 0.29) is 11.7 Å². The third-order valence-corrected chi connectivity index (χ3v) is 4.62. The van der Waals surface area contributed by atoms with Gasteiger partial charge in [0, 0.05) is 42.9 Å². The molecule has 8 nitrogen and oxygen atoms in total. The highest BCUT2D eigenvalue weighted by Gasteiger charge is 2.29. The number of nitro groups is 1. The Bertz CT molecular complexity index is 790. The van der Waals surface area contributed by atoms with Crippen LogP contribution in [0, 0.1) is 17.0 Å². The molecule has 0 aromatic carbocycles. The van der Waals surface area contributed by atoms with Gasteiger partial charge in [-0.25, -0.2) is 15.0 Å². The zero-order chi connectivity index (χ0) is 17.4. The topological polar surface area (TPSA) is 97.1 Å². The number of nitrogens with one attached hydrogen (secondary N) is 1. The minimum absolute atomic E-state index is 0.00247. The highest BCUT2D eigenvalue weighted by Crippen LogP contribution is 2.38. The first-order chi connectivity index (χ1) is 12.1. The molecule has 1 aliphatic heterocycles. The lowest BCUT2D eigenvalue weighted by atomic mass is 10.2. The van der Waals surface area contributed by atoms with Gasteiger partial charge >= 0.3 is 0 Å². The number of hydrogen-bond acceptors (Lipinski definition) is 7. The predicted molar refractivity (Wildman–Crippen MR) is 93.9 cm³/mol. The monoisotopic (exact) mass is 340 g/mol. The molecule has 0 amide bonds. The van der Waals surface area contributed by atoms with Gasteiger partial charge in [-0.15, -0.1) is 0 Å². The molecule has 1 saturated carbocycles. The van der Waals surface area contributed by atoms with E-state index in [0.717, 1.165) is 36.8 Å². The van der Waals surface area contributed by atoms with Gasteiger partial charge in [-0.05, 0) is 32.3 Å². The molecular weight excluding hydrogens is 320 g/mol. The fourth-order valence-corrected chi connectivity index (χ4v) is 3.14. The molecule has 3 heterocycles. The number of pyridine rings is 1. The Morgan fingerprint density at radius 1 is 1.28 bits per heavy atom. The second-order valence-corrected chi connectivity index (χ2v) is 6.73. The van der Waals surface area contributed by atoms with Crippen LogP contribution in [0.3, 0.4) is 0 Å². The van der Waals surface area contributed by atoms with E-state index in [9.17, 15) is 10.1 Å². The van der Waals surface area contributed by atoms with Crippen LogP contribution in [0.15, 0.2) is 24.4 Å². The Hall–Kier alpha value is -2.77. The van der Waals surface area contributed by atoms with Gasteiger partial charge in [-0.3, -0.25) is 10.1 Å². The van der Waals surface area contributed by atoms with Crippen LogP contribution >= 0.6 is 0 Å². The number of rotatable bonds is 5. The third-order valence-electron chi connectivity index (χ3n) is 4.62. The predicted octanol–water partition coefficient (Wildman–Crippen LogP) is 2.66. The van der Waals surface area contributed by atoms with E-state index in [1.165, 1.54) is 25.1 Å². The quantitative estimate of drug-likeness (QED) is 0.660. The summed E-state index contributed by atoms with van der Waals surface area (Å²) in [5.74, 6) is 3.17. The summed E-state index contributed by atoms with van der Waals surface area (Å²) in [4.78, 5) is 25.9. The Kier molecular flexibility index (Phi) is 3.95. The maximum Gasteiger partial charge on any atom is 0.287 e. The molecule has 25 heavy (non-hydrogen) atoms. The first-order valence-electron chi connectivity index (χ1n) is 8.56. The molecule has 0 radical (unpaired) electrons. The summed E-state index contributed by atoms with van der Waals surface area (Å²) in [5, 5.41) is 14.0. The standard InChI is InChI=1S/C17H20N6O2/c1-11-8-16(21-17(19-11)12-2-3-12)22-7-6-13(10-22)20-15-5-4-14(9-18-15)23(24)25/h4-5,8-9,12-13H,2-3,6-7,10H2,1H3,(H,18,20). The van der Waals surface area contributed by atoms with Crippen molar-refractivity contribution in [2.45, 2.75) is 38.1 Å². The fourth-order valence-electron chi connectivity index (χ4n) is 3.14. The summed E-state index contributed by atoms with van der Waals surface area (Å²) in [7, 11) is 0. The van der Waals surface area contributed by atoms with Crippen molar-refractivity contribution in [2.24, 2.45) is 0 Å². The highest BCUT2D eigenvalue weighted by molar-refractivity contribution is 5.45. The van der Waals surface area contributed by atoms with Gasteiger partial charge in [0.25, 0.3) is 5.69 Å². The SMILES string of the molecule is Cc1cc(N2CCC(Nc3ccc([N+](=O)[O-])cn3)C2)nc(C2CC2)n1. The van der Waals surface area contributed by atoms with E-state index in [0.29, 0.717) is 11.7 Å². The second-order valence-electron chi connectivity index (χ2n) is 6.73. The van der Waals surface area contributed by atoms with Crippen molar-refractivity contribution in [3.8, 4) is 0 Å². The minimum atomic E-state index is -0.441. The van der Waals surface area contributed by atoms with Crippen LogP contribution in [-0.2, 0) is 0 Å². The van der Waals surface area contributed by atoms with E-state index in [1.807, 2.05) is 13.0 Å². The molecule has 2 aromatic heterocycles.